The van der Waals surface area contributed by atoms with E-state index in [1.54, 1.807) is 16.7 Å². The van der Waals surface area contributed by atoms with Crippen LogP contribution in [0.5, 0.6) is 0 Å². The molecule has 0 spiro atoms. The van der Waals surface area contributed by atoms with Crippen LogP contribution in [0.2, 0.25) is 0 Å². The summed E-state index contributed by atoms with van der Waals surface area (Å²) >= 11 is 0. The van der Waals surface area contributed by atoms with Gasteiger partial charge in [0.15, 0.2) is 0 Å². The van der Waals surface area contributed by atoms with E-state index in [-0.39, 0.29) is 46.0 Å². The fourth-order valence-corrected chi connectivity index (χ4v) is 5.46. The zero-order valence-corrected chi connectivity index (χ0v) is 20.1. The van der Waals surface area contributed by atoms with Crippen molar-refractivity contribution in [2.45, 2.75) is 0 Å². The molecule has 38 heavy (non-hydrogen) atoms. The molecule has 2 heteroatoms. The van der Waals surface area contributed by atoms with Gasteiger partial charge < -0.3 is 9.13 Å². The van der Waals surface area contributed by atoms with E-state index in [0.29, 0.717) is 11.7 Å². The second kappa shape index (κ2) is 8.22. The van der Waals surface area contributed by atoms with Gasteiger partial charge in [0, 0.05) is 32.9 Å². The lowest BCUT2D eigenvalue weighted by atomic mass is 10.1. The molecule has 0 aliphatic rings. The van der Waals surface area contributed by atoms with Crippen molar-refractivity contribution in [3.63, 3.8) is 0 Å². The van der Waals surface area contributed by atoms with Crippen molar-refractivity contribution in [3.05, 3.63) is 145 Å². The number of nitrogens with zero attached hydrogens (tertiary/aromatic N) is 2. The fraction of sp³-hybridized carbons (Fsp3) is 0. The van der Waals surface area contributed by atoms with Crippen LogP contribution in [0.1, 0.15) is 12.3 Å². The van der Waals surface area contributed by atoms with Crippen molar-refractivity contribution < 1.29 is 12.3 Å². The number of para-hydroxylation sites is 3. The summed E-state index contributed by atoms with van der Waals surface area (Å²) in [5.74, 6) is 0. The normalized spacial score (nSPS) is 15.0. The van der Waals surface area contributed by atoms with Crippen molar-refractivity contribution in [1.29, 1.82) is 0 Å². The van der Waals surface area contributed by atoms with Crippen LogP contribution in [0.15, 0.2) is 145 Å². The van der Waals surface area contributed by atoms with Crippen molar-refractivity contribution in [3.8, 4) is 22.5 Å². The molecule has 0 radical (unpaired) electrons. The molecule has 0 N–H and O–H groups in total. The largest absolute Gasteiger partial charge is 0.309 e. The van der Waals surface area contributed by atoms with Crippen molar-refractivity contribution in [2.24, 2.45) is 0 Å². The van der Waals surface area contributed by atoms with E-state index in [1.807, 2.05) is 72.8 Å². The lowest BCUT2D eigenvalue weighted by molar-refractivity contribution is 1.17. The molecule has 0 amide bonds. The van der Waals surface area contributed by atoms with Crippen LogP contribution in [0.3, 0.4) is 0 Å². The van der Waals surface area contributed by atoms with Gasteiger partial charge in [0.05, 0.1) is 34.4 Å². The highest BCUT2D eigenvalue weighted by Gasteiger charge is 2.16. The van der Waals surface area contributed by atoms with Gasteiger partial charge in [-0.3, -0.25) is 0 Å². The Morgan fingerprint density at radius 3 is 1.82 bits per heavy atom. The van der Waals surface area contributed by atoms with E-state index < -0.39 is 24.2 Å². The second-order valence-corrected chi connectivity index (χ2v) is 9.18. The van der Waals surface area contributed by atoms with E-state index >= 15 is 0 Å². The van der Waals surface area contributed by atoms with E-state index in [2.05, 4.69) is 10.6 Å². The molecular formula is C36H24N2. The molecule has 8 rings (SSSR count). The van der Waals surface area contributed by atoms with E-state index in [1.165, 1.54) is 0 Å². The first-order valence-corrected chi connectivity index (χ1v) is 12.3. The first kappa shape index (κ1) is 14.0. The minimum absolute atomic E-state index is 0.0517. The van der Waals surface area contributed by atoms with Crippen molar-refractivity contribution >= 4 is 43.6 Å². The summed E-state index contributed by atoms with van der Waals surface area (Å²) in [4.78, 5) is 0. The summed E-state index contributed by atoms with van der Waals surface area (Å²) < 4.78 is 80.3. The Morgan fingerprint density at radius 1 is 0.395 bits per heavy atom. The average molecular weight is 494 g/mol. The molecule has 0 saturated carbocycles. The Kier molecular flexibility index (Phi) is 3.03. The summed E-state index contributed by atoms with van der Waals surface area (Å²) in [6.07, 6.45) is 0. The summed E-state index contributed by atoms with van der Waals surface area (Å²) in [6, 6.07) is 26.4. The van der Waals surface area contributed by atoms with Gasteiger partial charge in [-0.15, -0.1) is 0 Å². The lowest BCUT2D eigenvalue weighted by Gasteiger charge is -2.11. The predicted octanol–water partition coefficient (Wildman–Crippen LogP) is 9.55. The van der Waals surface area contributed by atoms with Crippen LogP contribution >= 0.6 is 0 Å². The average Bonchev–Trinajstić information content (AvgIpc) is 3.62. The predicted molar refractivity (Wildman–Crippen MR) is 161 cm³/mol. The number of hydrogen-bond donors (Lipinski definition) is 0. The van der Waals surface area contributed by atoms with E-state index in [0.717, 1.165) is 38.6 Å². The SMILES string of the molecule is [2H]c1ccc(-c2cccc(-n3c4ccccc4c4cc(-n5c6c([2H])c([2H])c([2H])c([2H])c6c6c([2H])c([2H])c([2H])c([2H])c65)ccc43)c2)cc1. The molecule has 178 valence electrons. The third kappa shape index (κ3) is 3.07. The molecule has 2 nitrogen and oxygen atoms in total. The summed E-state index contributed by atoms with van der Waals surface area (Å²) in [5.41, 5.74) is 5.43. The molecule has 0 unspecified atom stereocenters. The van der Waals surface area contributed by atoms with Crippen molar-refractivity contribution in [2.75, 3.05) is 0 Å². The number of rotatable bonds is 3. The smallest absolute Gasteiger partial charge is 0.0645 e. The Labute approximate surface area is 233 Å². The zero-order chi connectivity index (χ0) is 32.9. The zero-order valence-electron chi connectivity index (χ0n) is 29.1. The Morgan fingerprint density at radius 2 is 1.03 bits per heavy atom. The van der Waals surface area contributed by atoms with Crippen LogP contribution in [0, 0.1) is 0 Å². The first-order valence-electron chi connectivity index (χ1n) is 16.8. The summed E-state index contributed by atoms with van der Waals surface area (Å²) in [6.45, 7) is 0. The van der Waals surface area contributed by atoms with Gasteiger partial charge in [0.25, 0.3) is 0 Å². The van der Waals surface area contributed by atoms with Gasteiger partial charge >= 0.3 is 0 Å². The van der Waals surface area contributed by atoms with Crippen LogP contribution in [0.25, 0.3) is 66.1 Å². The van der Waals surface area contributed by atoms with Crippen molar-refractivity contribution in [1.82, 2.24) is 9.13 Å². The lowest BCUT2D eigenvalue weighted by Crippen LogP contribution is -1.96. The third-order valence-electron chi connectivity index (χ3n) is 7.10. The minimum Gasteiger partial charge on any atom is -0.309 e. The Balaban J connectivity index is 1.46. The number of aromatic nitrogens is 2. The Bertz CT molecular complexity index is 2540. The molecule has 2 heterocycles. The van der Waals surface area contributed by atoms with Crippen LogP contribution in [0.4, 0.5) is 0 Å². The van der Waals surface area contributed by atoms with Gasteiger partial charge in [0.2, 0.25) is 0 Å². The monoisotopic (exact) mass is 493 g/mol. The van der Waals surface area contributed by atoms with Gasteiger partial charge in [0.1, 0.15) is 0 Å². The van der Waals surface area contributed by atoms with Gasteiger partial charge in [-0.1, -0.05) is 96.9 Å². The molecule has 0 aliphatic carbocycles. The fourth-order valence-electron chi connectivity index (χ4n) is 5.46. The molecular weight excluding hydrogens is 460 g/mol. The van der Waals surface area contributed by atoms with Crippen LogP contribution < -0.4 is 0 Å². The first-order chi connectivity index (χ1) is 22.6. The van der Waals surface area contributed by atoms with E-state index in [9.17, 15) is 0 Å². The Hall–Kier alpha value is -5.08. The van der Waals surface area contributed by atoms with E-state index in [4.69, 9.17) is 12.3 Å². The molecule has 0 aliphatic heterocycles. The molecule has 6 aromatic carbocycles. The molecule has 0 atom stereocenters. The maximum atomic E-state index is 8.87. The minimum atomic E-state index is -0.467. The molecule has 0 saturated heterocycles. The van der Waals surface area contributed by atoms with Crippen LogP contribution in [-0.2, 0) is 0 Å². The maximum Gasteiger partial charge on any atom is 0.0645 e. The standard InChI is InChI=1S/C36H24N2/c1-2-11-25(12-3-1)26-13-10-14-27(23-26)37-35-20-9-6-17-31(35)32-24-28(21-22-36(32)37)38-33-18-7-4-15-29(33)30-16-5-8-19-34(30)38/h1-24H/i1D,4D,5D,7D,8D,15D,16D,18D,19D. The summed E-state index contributed by atoms with van der Waals surface area (Å²) in [7, 11) is 0. The maximum absolute atomic E-state index is 8.87. The van der Waals surface area contributed by atoms with Gasteiger partial charge in [-0.05, 0) is 59.6 Å². The highest BCUT2D eigenvalue weighted by atomic mass is 15.0. The number of hydrogen-bond acceptors (Lipinski definition) is 0. The number of fused-ring (bicyclic) bond motifs is 6. The topological polar surface area (TPSA) is 9.86 Å². The van der Waals surface area contributed by atoms with Gasteiger partial charge in [-0.2, -0.15) is 0 Å². The third-order valence-corrected chi connectivity index (χ3v) is 7.10. The second-order valence-electron chi connectivity index (χ2n) is 9.18. The number of benzene rings is 6. The molecule has 0 bridgehead atoms. The molecule has 2 aromatic heterocycles. The molecule has 8 aromatic rings. The summed E-state index contributed by atoms with van der Waals surface area (Å²) in [5, 5.41) is 1.91. The van der Waals surface area contributed by atoms with Gasteiger partial charge in [-0.25, -0.2) is 0 Å². The highest BCUT2D eigenvalue weighted by molar-refractivity contribution is 6.12. The quantitative estimate of drug-likeness (QED) is 0.232. The molecule has 0 fully saturated rings. The highest BCUT2D eigenvalue weighted by Crippen LogP contribution is 2.37. The van der Waals surface area contributed by atoms with Crippen LogP contribution in [-0.4, -0.2) is 9.13 Å².